The Morgan fingerprint density at radius 1 is 1.57 bits per heavy atom. The number of hydrogen-bond donors (Lipinski definition) is 1. The van der Waals surface area contributed by atoms with Crippen LogP contribution in [0.25, 0.3) is 0 Å². The molecule has 0 saturated heterocycles. The van der Waals surface area contributed by atoms with Crippen molar-refractivity contribution in [3.63, 3.8) is 0 Å². The van der Waals surface area contributed by atoms with E-state index in [1.54, 1.807) is 7.11 Å². The second-order valence-corrected chi connectivity index (χ2v) is 4.13. The second-order valence-electron chi connectivity index (χ2n) is 4.13. The molecule has 0 bridgehead atoms. The zero-order chi connectivity index (χ0) is 10.6. The van der Waals surface area contributed by atoms with Gasteiger partial charge in [-0.25, -0.2) is 0 Å². The number of methoxy groups -OCH3 is 1. The summed E-state index contributed by atoms with van der Waals surface area (Å²) in [6, 6.07) is 2.20. The standard InChI is InChI=1S/C11H19NO2/c1-3-9(8-12)11(13)6-4-10(14-2)5-7-11/h9-10,13H,3-7H2,1-2H3. The fourth-order valence-electron chi connectivity index (χ4n) is 2.27. The van der Waals surface area contributed by atoms with Crippen LogP contribution in [0.5, 0.6) is 0 Å². The first-order valence-corrected chi connectivity index (χ1v) is 5.31. The van der Waals surface area contributed by atoms with E-state index in [2.05, 4.69) is 6.07 Å². The van der Waals surface area contributed by atoms with Crippen molar-refractivity contribution in [2.75, 3.05) is 7.11 Å². The van der Waals surface area contributed by atoms with Crippen LogP contribution < -0.4 is 0 Å². The molecule has 0 aliphatic heterocycles. The molecular formula is C11H19NO2. The number of hydrogen-bond acceptors (Lipinski definition) is 3. The highest BCUT2D eigenvalue weighted by molar-refractivity contribution is 5.00. The molecule has 3 heteroatoms. The minimum absolute atomic E-state index is 0.222. The number of rotatable bonds is 3. The molecule has 14 heavy (non-hydrogen) atoms. The zero-order valence-electron chi connectivity index (χ0n) is 8.99. The summed E-state index contributed by atoms with van der Waals surface area (Å²) in [5.41, 5.74) is -0.765. The third-order valence-electron chi connectivity index (χ3n) is 3.34. The van der Waals surface area contributed by atoms with Gasteiger partial charge in [-0.3, -0.25) is 0 Å². The molecule has 0 aromatic heterocycles. The van der Waals surface area contributed by atoms with E-state index in [1.165, 1.54) is 0 Å². The lowest BCUT2D eigenvalue weighted by molar-refractivity contribution is -0.0675. The molecule has 1 unspecified atom stereocenters. The van der Waals surface area contributed by atoms with Gasteiger partial charge in [0.25, 0.3) is 0 Å². The molecule has 0 radical (unpaired) electrons. The van der Waals surface area contributed by atoms with Crippen molar-refractivity contribution < 1.29 is 9.84 Å². The van der Waals surface area contributed by atoms with Crippen LogP contribution in [0.1, 0.15) is 39.0 Å². The topological polar surface area (TPSA) is 53.2 Å². The van der Waals surface area contributed by atoms with E-state index in [4.69, 9.17) is 10.00 Å². The van der Waals surface area contributed by atoms with E-state index in [0.29, 0.717) is 12.8 Å². The third-order valence-corrected chi connectivity index (χ3v) is 3.34. The number of ether oxygens (including phenoxy) is 1. The molecule has 1 atom stereocenters. The average molecular weight is 197 g/mol. The van der Waals surface area contributed by atoms with Gasteiger partial charge in [-0.15, -0.1) is 0 Å². The molecule has 3 nitrogen and oxygen atoms in total. The smallest absolute Gasteiger partial charge is 0.0807 e. The Morgan fingerprint density at radius 3 is 2.50 bits per heavy atom. The molecule has 0 aromatic rings. The molecule has 1 aliphatic rings. The average Bonchev–Trinajstić information content (AvgIpc) is 2.20. The lowest BCUT2D eigenvalue weighted by atomic mass is 9.74. The summed E-state index contributed by atoms with van der Waals surface area (Å²) in [4.78, 5) is 0. The molecule has 0 aromatic carbocycles. The summed E-state index contributed by atoms with van der Waals surface area (Å²) in [5.74, 6) is -0.222. The first-order chi connectivity index (χ1) is 6.66. The highest BCUT2D eigenvalue weighted by Gasteiger charge is 2.39. The van der Waals surface area contributed by atoms with Gasteiger partial charge in [0.2, 0.25) is 0 Å². The van der Waals surface area contributed by atoms with Crippen LogP contribution in [0.4, 0.5) is 0 Å². The van der Waals surface area contributed by atoms with Crippen LogP contribution in [0.3, 0.4) is 0 Å². The van der Waals surface area contributed by atoms with Gasteiger partial charge >= 0.3 is 0 Å². The number of nitriles is 1. The Bertz CT molecular complexity index is 214. The SMILES string of the molecule is CCC(C#N)C1(O)CCC(OC)CC1. The molecule has 1 rings (SSSR count). The van der Waals surface area contributed by atoms with Gasteiger partial charge in [0.1, 0.15) is 0 Å². The maximum absolute atomic E-state index is 10.3. The van der Waals surface area contributed by atoms with Gasteiger partial charge in [-0.05, 0) is 32.1 Å². The Kier molecular flexibility index (Phi) is 3.91. The molecular weight excluding hydrogens is 178 g/mol. The van der Waals surface area contributed by atoms with Gasteiger partial charge in [0.15, 0.2) is 0 Å². The summed E-state index contributed by atoms with van der Waals surface area (Å²) in [5, 5.41) is 19.2. The Hall–Kier alpha value is -0.590. The van der Waals surface area contributed by atoms with Crippen molar-refractivity contribution in [3.05, 3.63) is 0 Å². The quantitative estimate of drug-likeness (QED) is 0.751. The first kappa shape index (κ1) is 11.5. The fraction of sp³-hybridized carbons (Fsp3) is 0.909. The maximum atomic E-state index is 10.3. The van der Waals surface area contributed by atoms with Crippen molar-refractivity contribution in [3.8, 4) is 6.07 Å². The number of aliphatic hydroxyl groups is 1. The van der Waals surface area contributed by atoms with Gasteiger partial charge in [0.05, 0.1) is 23.7 Å². The van der Waals surface area contributed by atoms with Crippen LogP contribution in [0.15, 0.2) is 0 Å². The minimum atomic E-state index is -0.765. The Balaban J connectivity index is 2.57. The van der Waals surface area contributed by atoms with Gasteiger partial charge in [-0.2, -0.15) is 5.26 Å². The molecule has 1 saturated carbocycles. The first-order valence-electron chi connectivity index (χ1n) is 5.31. The van der Waals surface area contributed by atoms with E-state index < -0.39 is 5.60 Å². The highest BCUT2D eigenvalue weighted by atomic mass is 16.5. The van der Waals surface area contributed by atoms with Crippen LogP contribution in [-0.2, 0) is 4.74 Å². The molecule has 0 spiro atoms. The van der Waals surface area contributed by atoms with E-state index >= 15 is 0 Å². The summed E-state index contributed by atoms with van der Waals surface area (Å²) < 4.78 is 5.24. The summed E-state index contributed by atoms with van der Waals surface area (Å²) in [6.07, 6.45) is 4.11. The van der Waals surface area contributed by atoms with Crippen molar-refractivity contribution >= 4 is 0 Å². The van der Waals surface area contributed by atoms with Crippen LogP contribution in [0.2, 0.25) is 0 Å². The van der Waals surface area contributed by atoms with Crippen LogP contribution >= 0.6 is 0 Å². The monoisotopic (exact) mass is 197 g/mol. The molecule has 1 N–H and O–H groups in total. The van der Waals surface area contributed by atoms with Gasteiger partial charge in [0, 0.05) is 7.11 Å². The largest absolute Gasteiger partial charge is 0.389 e. The normalized spacial score (nSPS) is 34.9. The zero-order valence-corrected chi connectivity index (χ0v) is 8.99. The van der Waals surface area contributed by atoms with E-state index in [9.17, 15) is 5.11 Å². The van der Waals surface area contributed by atoms with Crippen molar-refractivity contribution in [1.82, 2.24) is 0 Å². The van der Waals surface area contributed by atoms with Crippen LogP contribution in [-0.4, -0.2) is 23.9 Å². The van der Waals surface area contributed by atoms with E-state index in [0.717, 1.165) is 19.3 Å². The summed E-state index contributed by atoms with van der Waals surface area (Å²) in [7, 11) is 1.70. The maximum Gasteiger partial charge on any atom is 0.0807 e. The summed E-state index contributed by atoms with van der Waals surface area (Å²) >= 11 is 0. The van der Waals surface area contributed by atoms with E-state index in [-0.39, 0.29) is 12.0 Å². The Labute approximate surface area is 85.7 Å². The lowest BCUT2D eigenvalue weighted by Gasteiger charge is -2.38. The summed E-state index contributed by atoms with van der Waals surface area (Å²) in [6.45, 7) is 1.95. The molecule has 80 valence electrons. The van der Waals surface area contributed by atoms with Gasteiger partial charge in [-0.1, -0.05) is 6.92 Å². The van der Waals surface area contributed by atoms with E-state index in [1.807, 2.05) is 6.92 Å². The van der Waals surface area contributed by atoms with Crippen molar-refractivity contribution in [2.45, 2.75) is 50.7 Å². The van der Waals surface area contributed by atoms with Crippen molar-refractivity contribution in [1.29, 1.82) is 5.26 Å². The predicted octanol–water partition coefficient (Wildman–Crippen LogP) is 1.86. The van der Waals surface area contributed by atoms with Crippen LogP contribution in [0, 0.1) is 17.2 Å². The Morgan fingerprint density at radius 2 is 2.14 bits per heavy atom. The predicted molar refractivity (Wildman–Crippen MR) is 53.6 cm³/mol. The highest BCUT2D eigenvalue weighted by Crippen LogP contribution is 2.36. The molecule has 0 heterocycles. The van der Waals surface area contributed by atoms with Crippen molar-refractivity contribution in [2.24, 2.45) is 5.92 Å². The van der Waals surface area contributed by atoms with Gasteiger partial charge < -0.3 is 9.84 Å². The second kappa shape index (κ2) is 4.77. The molecule has 0 amide bonds. The molecule has 1 fully saturated rings. The fourth-order valence-corrected chi connectivity index (χ4v) is 2.27. The third kappa shape index (κ3) is 2.26. The lowest BCUT2D eigenvalue weighted by Crippen LogP contribution is -2.42. The minimum Gasteiger partial charge on any atom is -0.389 e. The number of nitrogens with zero attached hydrogens (tertiary/aromatic N) is 1. The molecule has 1 aliphatic carbocycles.